The molecule has 0 aromatic heterocycles. The van der Waals surface area contributed by atoms with E-state index in [1.54, 1.807) is 0 Å². The van der Waals surface area contributed by atoms with E-state index in [9.17, 15) is 9.59 Å². The van der Waals surface area contributed by atoms with Crippen molar-refractivity contribution in [3.8, 4) is 0 Å². The Balaban J connectivity index is 1.80. The van der Waals surface area contributed by atoms with Crippen molar-refractivity contribution in [2.24, 2.45) is 44.8 Å². The molecule has 4 aliphatic carbocycles. The van der Waals surface area contributed by atoms with Crippen LogP contribution in [-0.4, -0.2) is 18.9 Å². The number of fused-ring (bicyclic) bond motifs is 5. The number of ketones is 1. The maximum atomic E-state index is 14.3. The first-order chi connectivity index (χ1) is 15.7. The van der Waals surface area contributed by atoms with Crippen LogP contribution >= 0.6 is 0 Å². The number of hydrogen-bond acceptors (Lipinski definition) is 3. The van der Waals surface area contributed by atoms with E-state index in [-0.39, 0.29) is 22.2 Å². The molecule has 0 heterocycles. The topological polar surface area (TPSA) is 43.4 Å². The van der Waals surface area contributed by atoms with Gasteiger partial charge >= 0.3 is 0 Å². The Morgan fingerprint density at radius 2 is 1.76 bits per heavy atom. The molecule has 3 nitrogen and oxygen atoms in total. The summed E-state index contributed by atoms with van der Waals surface area (Å²) in [5.41, 5.74) is 3.19. The molecule has 0 bridgehead atoms. The Labute approximate surface area is 208 Å². The molecule has 0 aromatic rings. The van der Waals surface area contributed by atoms with Crippen molar-refractivity contribution >= 4 is 12.3 Å². The van der Waals surface area contributed by atoms with E-state index in [1.165, 1.54) is 43.3 Å². The van der Waals surface area contributed by atoms with Crippen molar-refractivity contribution in [3.05, 3.63) is 23.8 Å². The van der Waals surface area contributed by atoms with E-state index in [0.717, 1.165) is 25.7 Å². The molecule has 0 aromatic carbocycles. The summed E-state index contributed by atoms with van der Waals surface area (Å²) in [6.45, 7) is 22.1. The van der Waals surface area contributed by atoms with Gasteiger partial charge < -0.3 is 4.74 Å². The fourth-order valence-electron chi connectivity index (χ4n) is 9.45. The number of rotatable bonds is 6. The van der Waals surface area contributed by atoms with Gasteiger partial charge in [0.1, 0.15) is 0 Å². The summed E-state index contributed by atoms with van der Waals surface area (Å²) in [6.07, 6.45) is 12.2. The highest BCUT2D eigenvalue weighted by Gasteiger charge is 2.67. The summed E-state index contributed by atoms with van der Waals surface area (Å²) in [4.78, 5) is 25.0. The third kappa shape index (κ3) is 3.66. The van der Waals surface area contributed by atoms with E-state index in [0.29, 0.717) is 41.5 Å². The van der Waals surface area contributed by atoms with Gasteiger partial charge in [0.05, 0.1) is 6.61 Å². The largest absolute Gasteiger partial charge is 0.468 e. The van der Waals surface area contributed by atoms with Crippen molar-refractivity contribution in [2.45, 2.75) is 106 Å². The lowest BCUT2D eigenvalue weighted by atomic mass is 9.35. The summed E-state index contributed by atoms with van der Waals surface area (Å²) in [6, 6.07) is 0. The van der Waals surface area contributed by atoms with Crippen LogP contribution < -0.4 is 0 Å². The van der Waals surface area contributed by atoms with Crippen LogP contribution in [-0.2, 0) is 14.3 Å². The Bertz CT molecular complexity index is 898. The number of carbonyl (C=O) groups is 2. The quantitative estimate of drug-likeness (QED) is 0.228. The smallest absolute Gasteiger partial charge is 0.293 e. The molecule has 0 N–H and O–H groups in total. The molecule has 7 atom stereocenters. The summed E-state index contributed by atoms with van der Waals surface area (Å²) < 4.78 is 5.05. The molecular weight excluding hydrogens is 420 g/mol. The molecule has 190 valence electrons. The van der Waals surface area contributed by atoms with E-state index >= 15 is 0 Å². The van der Waals surface area contributed by atoms with Gasteiger partial charge in [0.25, 0.3) is 6.47 Å². The molecule has 3 fully saturated rings. The Hall–Kier alpha value is -1.38. The van der Waals surface area contributed by atoms with Gasteiger partial charge in [-0.25, -0.2) is 0 Å². The highest BCUT2D eigenvalue weighted by Crippen LogP contribution is 2.73. The highest BCUT2D eigenvalue weighted by atomic mass is 16.5. The zero-order valence-electron chi connectivity index (χ0n) is 22.9. The molecule has 0 radical (unpaired) electrons. The minimum atomic E-state index is -0.167. The van der Waals surface area contributed by atoms with E-state index < -0.39 is 0 Å². The minimum absolute atomic E-state index is 0.0126. The minimum Gasteiger partial charge on any atom is -0.468 e. The number of ether oxygens (including phenoxy) is 1. The van der Waals surface area contributed by atoms with Crippen LogP contribution in [0, 0.1) is 44.8 Å². The average molecular weight is 469 g/mol. The van der Waals surface area contributed by atoms with E-state index in [4.69, 9.17) is 4.74 Å². The third-order valence-corrected chi connectivity index (χ3v) is 11.7. The molecule has 0 spiro atoms. The molecule has 3 heteroatoms. The van der Waals surface area contributed by atoms with Crippen molar-refractivity contribution < 1.29 is 14.3 Å². The Kier molecular flexibility index (Phi) is 6.31. The molecule has 4 aliphatic rings. The second-order valence-electron chi connectivity index (χ2n) is 14.3. The molecule has 0 saturated heterocycles. The van der Waals surface area contributed by atoms with Crippen LogP contribution in [0.2, 0.25) is 0 Å². The maximum Gasteiger partial charge on any atom is 0.293 e. The van der Waals surface area contributed by atoms with Gasteiger partial charge in [-0.3, -0.25) is 9.59 Å². The van der Waals surface area contributed by atoms with E-state index in [1.807, 2.05) is 0 Å². The number of allylic oxidation sites excluding steroid dienone is 3. The maximum absolute atomic E-state index is 14.3. The van der Waals surface area contributed by atoms with Crippen LogP contribution in [0.15, 0.2) is 23.8 Å². The first kappa shape index (κ1) is 25.7. The first-order valence-corrected chi connectivity index (χ1v) is 13.7. The highest BCUT2D eigenvalue weighted by molar-refractivity contribution is 5.95. The fraction of sp³-hybridized carbons (Fsp3) is 0.806. The van der Waals surface area contributed by atoms with Crippen LogP contribution in [0.4, 0.5) is 0 Å². The Morgan fingerprint density at radius 1 is 1.09 bits per heavy atom. The summed E-state index contributed by atoms with van der Waals surface area (Å²) in [7, 11) is 0. The molecule has 0 aliphatic heterocycles. The van der Waals surface area contributed by atoms with Crippen molar-refractivity contribution in [1.29, 1.82) is 0 Å². The lowest BCUT2D eigenvalue weighted by Gasteiger charge is -2.68. The monoisotopic (exact) mass is 468 g/mol. The van der Waals surface area contributed by atoms with Gasteiger partial charge in [-0.05, 0) is 110 Å². The van der Waals surface area contributed by atoms with Crippen LogP contribution in [0.3, 0.4) is 0 Å². The second-order valence-corrected chi connectivity index (χ2v) is 14.3. The summed E-state index contributed by atoms with van der Waals surface area (Å²) >= 11 is 0. The Morgan fingerprint density at radius 3 is 2.41 bits per heavy atom. The van der Waals surface area contributed by atoms with Gasteiger partial charge in [0.2, 0.25) is 0 Å². The zero-order valence-corrected chi connectivity index (χ0v) is 22.9. The van der Waals surface area contributed by atoms with Gasteiger partial charge in [-0.2, -0.15) is 0 Å². The van der Waals surface area contributed by atoms with Gasteiger partial charge in [-0.1, -0.05) is 59.3 Å². The standard InChI is InChI=1S/C31H48O3/c1-21(2)22-10-12-31(8)26(29(22,6)11-9-17-34-20-32)25(33)18-23-24-19-27(3,4)13-14-28(24,5)15-16-30(23,31)7/h18,20,22,24,26H,1,9-17,19H2,2-8H3/t22?,24-,26?,28+,29-,30+,31+/m0/s1. The van der Waals surface area contributed by atoms with Crippen LogP contribution in [0.5, 0.6) is 0 Å². The molecular formula is C31H48O3. The predicted molar refractivity (Wildman–Crippen MR) is 138 cm³/mol. The predicted octanol–water partition coefficient (Wildman–Crippen LogP) is 7.70. The van der Waals surface area contributed by atoms with Gasteiger partial charge in [0, 0.05) is 5.92 Å². The van der Waals surface area contributed by atoms with Crippen molar-refractivity contribution in [1.82, 2.24) is 0 Å². The first-order valence-electron chi connectivity index (χ1n) is 13.7. The van der Waals surface area contributed by atoms with E-state index in [2.05, 4.69) is 61.1 Å². The van der Waals surface area contributed by atoms with Gasteiger partial charge in [0.15, 0.2) is 5.78 Å². The number of hydrogen-bond donors (Lipinski definition) is 0. The lowest BCUT2D eigenvalue weighted by molar-refractivity contribution is -0.162. The third-order valence-electron chi connectivity index (χ3n) is 11.7. The molecule has 0 amide bonds. The number of carbonyl (C=O) groups excluding carboxylic acids is 2. The second kappa shape index (κ2) is 8.34. The zero-order chi connectivity index (χ0) is 25.2. The normalized spacial score (nSPS) is 45.3. The summed E-state index contributed by atoms with van der Waals surface area (Å²) in [5, 5.41) is 0. The van der Waals surface area contributed by atoms with Crippen LogP contribution in [0.1, 0.15) is 106 Å². The van der Waals surface area contributed by atoms with Crippen LogP contribution in [0.25, 0.3) is 0 Å². The molecule has 2 unspecified atom stereocenters. The molecule has 4 rings (SSSR count). The van der Waals surface area contributed by atoms with Gasteiger partial charge in [-0.15, -0.1) is 0 Å². The average Bonchev–Trinajstić information content (AvgIpc) is 2.74. The lowest BCUT2D eigenvalue weighted by Crippen LogP contribution is -2.63. The SMILES string of the molecule is C=C(C)C1CC[C@]2(C)C(C(=O)C=C3[C@@H]4CC(C)(C)CC[C@]4(C)CC[C@]32C)[C@@]1(C)CCCOC=O. The molecule has 3 saturated carbocycles. The fourth-order valence-corrected chi connectivity index (χ4v) is 9.45. The summed E-state index contributed by atoms with van der Waals surface area (Å²) in [5.74, 6) is 1.18. The van der Waals surface area contributed by atoms with Crippen molar-refractivity contribution in [3.63, 3.8) is 0 Å². The van der Waals surface area contributed by atoms with Crippen molar-refractivity contribution in [2.75, 3.05) is 6.61 Å². The molecule has 34 heavy (non-hydrogen) atoms.